The van der Waals surface area contributed by atoms with Crippen LogP contribution in [-0.2, 0) is 4.79 Å². The number of rotatable bonds is 3. The Morgan fingerprint density at radius 2 is 1.80 bits per heavy atom. The number of carbonyl (C=O) groups excluding carboxylic acids is 1. The summed E-state index contributed by atoms with van der Waals surface area (Å²) in [6.45, 7) is 8.61. The number of ether oxygens (including phenoxy) is 1. The molecule has 1 aromatic rings. The van der Waals surface area contributed by atoms with E-state index in [2.05, 4.69) is 13.2 Å². The summed E-state index contributed by atoms with van der Waals surface area (Å²) >= 11 is 0. The summed E-state index contributed by atoms with van der Waals surface area (Å²) in [4.78, 5) is 9.41. The fourth-order valence-corrected chi connectivity index (χ4v) is 0.740. The molecule has 0 unspecified atom stereocenters. The van der Waals surface area contributed by atoms with Crippen molar-refractivity contribution in [2.24, 2.45) is 0 Å². The molecule has 0 radical (unpaired) electrons. The largest absolute Gasteiger partial charge is 0.497 e. The number of methoxy groups -OCH3 is 1. The Morgan fingerprint density at radius 1 is 1.33 bits per heavy atom. The van der Waals surface area contributed by atoms with Gasteiger partial charge < -0.3 is 4.74 Å². The van der Waals surface area contributed by atoms with Crippen LogP contribution >= 0.6 is 0 Å². The van der Waals surface area contributed by atoms with Gasteiger partial charge >= 0.3 is 0 Å². The van der Waals surface area contributed by atoms with E-state index in [1.165, 1.54) is 0 Å². The van der Waals surface area contributed by atoms with Crippen LogP contribution in [0.5, 0.6) is 5.75 Å². The van der Waals surface area contributed by atoms with Gasteiger partial charge in [0.05, 0.1) is 7.11 Å². The summed E-state index contributed by atoms with van der Waals surface area (Å²) < 4.78 is 4.98. The number of hydrogen-bond acceptors (Lipinski definition) is 2. The number of benzene rings is 1. The third-order valence-electron chi connectivity index (χ3n) is 1.55. The first-order chi connectivity index (χ1) is 7.13. The number of hydrogen-bond donors (Lipinski definition) is 0. The quantitative estimate of drug-likeness (QED) is 0.558. The molecule has 0 aliphatic rings. The molecule has 0 aliphatic carbocycles. The fraction of sp³-hybridized carbons (Fsp3) is 0.154. The van der Waals surface area contributed by atoms with Crippen LogP contribution in [0.25, 0.3) is 6.08 Å². The molecule has 1 aromatic carbocycles. The van der Waals surface area contributed by atoms with Gasteiger partial charge in [0, 0.05) is 0 Å². The van der Waals surface area contributed by atoms with E-state index in [0.29, 0.717) is 5.57 Å². The topological polar surface area (TPSA) is 26.3 Å². The fourth-order valence-electron chi connectivity index (χ4n) is 0.740. The minimum Gasteiger partial charge on any atom is -0.497 e. The molecule has 0 fully saturated rings. The van der Waals surface area contributed by atoms with Crippen LogP contribution in [0.4, 0.5) is 0 Å². The lowest BCUT2D eigenvalue weighted by atomic mass is 10.2. The van der Waals surface area contributed by atoms with Gasteiger partial charge in [0.2, 0.25) is 0 Å². The van der Waals surface area contributed by atoms with Crippen molar-refractivity contribution in [3.05, 3.63) is 48.6 Å². The average molecular weight is 204 g/mol. The van der Waals surface area contributed by atoms with Crippen molar-refractivity contribution in [1.29, 1.82) is 0 Å². The molecule has 0 amide bonds. The van der Waals surface area contributed by atoms with Crippen LogP contribution in [0.3, 0.4) is 0 Å². The molecular formula is C13H16O2. The second kappa shape index (κ2) is 7.56. The van der Waals surface area contributed by atoms with E-state index in [1.807, 2.05) is 24.3 Å². The Morgan fingerprint density at radius 3 is 2.07 bits per heavy atom. The minimum absolute atomic E-state index is 0.574. The molecule has 0 saturated heterocycles. The Bertz CT molecular complexity index is 323. The van der Waals surface area contributed by atoms with E-state index < -0.39 is 0 Å². The first-order valence-corrected chi connectivity index (χ1v) is 4.51. The zero-order chi connectivity index (χ0) is 11.7. The van der Waals surface area contributed by atoms with Crippen molar-refractivity contribution in [1.82, 2.24) is 0 Å². The number of aldehydes is 1. The van der Waals surface area contributed by atoms with E-state index >= 15 is 0 Å². The van der Waals surface area contributed by atoms with E-state index in [0.717, 1.165) is 17.6 Å². The van der Waals surface area contributed by atoms with Crippen LogP contribution in [0.1, 0.15) is 12.5 Å². The van der Waals surface area contributed by atoms with Crippen molar-refractivity contribution >= 4 is 12.4 Å². The van der Waals surface area contributed by atoms with Crippen molar-refractivity contribution in [3.8, 4) is 5.75 Å². The van der Waals surface area contributed by atoms with Crippen molar-refractivity contribution in [2.75, 3.05) is 7.11 Å². The van der Waals surface area contributed by atoms with Crippen molar-refractivity contribution in [3.63, 3.8) is 0 Å². The second-order valence-corrected chi connectivity index (χ2v) is 2.94. The molecule has 0 atom stereocenters. The van der Waals surface area contributed by atoms with Gasteiger partial charge in [-0.05, 0) is 30.2 Å². The van der Waals surface area contributed by atoms with Gasteiger partial charge in [0.15, 0.2) is 0 Å². The van der Waals surface area contributed by atoms with E-state index in [1.54, 1.807) is 20.1 Å². The van der Waals surface area contributed by atoms with Gasteiger partial charge in [-0.25, -0.2) is 0 Å². The molecule has 0 aliphatic heterocycles. The number of allylic oxidation sites excluding steroid dienone is 1. The lowest BCUT2D eigenvalue weighted by Gasteiger charge is -1.97. The average Bonchev–Trinajstić information content (AvgIpc) is 2.30. The minimum atomic E-state index is 0.574. The van der Waals surface area contributed by atoms with Crippen molar-refractivity contribution in [2.45, 2.75) is 6.92 Å². The highest BCUT2D eigenvalue weighted by molar-refractivity contribution is 5.70. The summed E-state index contributed by atoms with van der Waals surface area (Å²) in [6.07, 6.45) is 2.53. The highest BCUT2D eigenvalue weighted by Crippen LogP contribution is 2.11. The molecule has 2 heteroatoms. The van der Waals surface area contributed by atoms with Gasteiger partial charge in [-0.15, -0.1) is 0 Å². The first kappa shape index (κ1) is 13.2. The standard InChI is InChI=1S/C9H10O.C4H6O/c1-3-8-4-6-9(10-2)7-5-8;1-4(2)3-5/h3-7H,1H2,2H3;3H,1H2,2H3. The van der Waals surface area contributed by atoms with Crippen LogP contribution in [0.2, 0.25) is 0 Å². The maximum atomic E-state index is 9.41. The van der Waals surface area contributed by atoms with Crippen molar-refractivity contribution < 1.29 is 9.53 Å². The van der Waals surface area contributed by atoms with Gasteiger partial charge in [-0.2, -0.15) is 0 Å². The van der Waals surface area contributed by atoms with Gasteiger partial charge in [0.1, 0.15) is 12.0 Å². The highest BCUT2D eigenvalue weighted by atomic mass is 16.5. The van der Waals surface area contributed by atoms with E-state index in [4.69, 9.17) is 4.74 Å². The van der Waals surface area contributed by atoms with Crippen LogP contribution in [0.15, 0.2) is 43.0 Å². The maximum absolute atomic E-state index is 9.41. The Kier molecular flexibility index (Phi) is 6.64. The molecule has 0 bridgehead atoms. The summed E-state index contributed by atoms with van der Waals surface area (Å²) in [5.41, 5.74) is 1.69. The molecule has 15 heavy (non-hydrogen) atoms. The SMILES string of the molecule is C=C(C)C=O.C=Cc1ccc(OC)cc1. The van der Waals surface area contributed by atoms with Crippen LogP contribution < -0.4 is 4.74 Å². The van der Waals surface area contributed by atoms with Crippen LogP contribution in [-0.4, -0.2) is 13.4 Å². The Balaban J connectivity index is 0.000000336. The lowest BCUT2D eigenvalue weighted by Crippen LogP contribution is -1.80. The molecule has 2 nitrogen and oxygen atoms in total. The predicted octanol–water partition coefficient (Wildman–Crippen LogP) is 3.10. The van der Waals surface area contributed by atoms with Gasteiger partial charge in [-0.1, -0.05) is 31.4 Å². The van der Waals surface area contributed by atoms with E-state index in [9.17, 15) is 4.79 Å². The van der Waals surface area contributed by atoms with Crippen LogP contribution in [0, 0.1) is 0 Å². The molecule has 1 rings (SSSR count). The molecule has 0 N–H and O–H groups in total. The molecule has 0 aromatic heterocycles. The summed E-state index contributed by atoms with van der Waals surface area (Å²) in [5, 5.41) is 0. The Labute approximate surface area is 90.9 Å². The first-order valence-electron chi connectivity index (χ1n) is 4.51. The summed E-state index contributed by atoms with van der Waals surface area (Å²) in [6, 6.07) is 7.76. The lowest BCUT2D eigenvalue weighted by molar-refractivity contribution is -0.104. The molecule has 80 valence electrons. The van der Waals surface area contributed by atoms with Gasteiger partial charge in [-0.3, -0.25) is 4.79 Å². The maximum Gasteiger partial charge on any atom is 0.145 e. The molecular weight excluding hydrogens is 188 g/mol. The molecule has 0 spiro atoms. The normalized spacial score (nSPS) is 8.13. The third-order valence-corrected chi connectivity index (χ3v) is 1.55. The highest BCUT2D eigenvalue weighted by Gasteiger charge is 1.87. The molecule has 0 saturated carbocycles. The monoisotopic (exact) mass is 204 g/mol. The second-order valence-electron chi connectivity index (χ2n) is 2.94. The smallest absolute Gasteiger partial charge is 0.145 e. The zero-order valence-corrected chi connectivity index (χ0v) is 9.19. The van der Waals surface area contributed by atoms with E-state index in [-0.39, 0.29) is 0 Å². The van der Waals surface area contributed by atoms with Gasteiger partial charge in [0.25, 0.3) is 0 Å². The summed E-state index contributed by atoms with van der Waals surface area (Å²) in [7, 11) is 1.66. The third kappa shape index (κ3) is 6.27. The zero-order valence-electron chi connectivity index (χ0n) is 9.19. The summed E-state index contributed by atoms with van der Waals surface area (Å²) in [5.74, 6) is 0.880. The predicted molar refractivity (Wildman–Crippen MR) is 64.0 cm³/mol. The number of carbonyl (C=O) groups is 1. The Hall–Kier alpha value is -1.83. The molecule has 0 heterocycles.